The summed E-state index contributed by atoms with van der Waals surface area (Å²) >= 11 is 1.37. The van der Waals surface area contributed by atoms with Crippen LogP contribution in [0.3, 0.4) is 0 Å². The third kappa shape index (κ3) is 6.56. The molecule has 9 heteroatoms. The standard InChI is InChI=1S/C22H27NO6S2/c1-27-22(24)21-11-10-18(30-21)9-6-12-23(31(2,25)26)19(20-16-28-13-14-29-20)15-17-7-4-3-5-8-17/h3-4,7,10-11,13-14,16,19H,5-6,8-9,12,15H2,1-2H3. The maximum absolute atomic E-state index is 12.7. The molecule has 0 N–H and O–H groups in total. The normalized spacial score (nSPS) is 16.9. The summed E-state index contributed by atoms with van der Waals surface area (Å²) in [6.07, 6.45) is 15.3. The molecular weight excluding hydrogens is 438 g/mol. The van der Waals surface area contributed by atoms with Crippen molar-refractivity contribution in [2.24, 2.45) is 0 Å². The van der Waals surface area contributed by atoms with Crippen molar-refractivity contribution in [2.45, 2.75) is 38.1 Å². The first-order valence-electron chi connectivity index (χ1n) is 10.0. The fraction of sp³-hybridized carbons (Fsp3) is 0.409. The van der Waals surface area contributed by atoms with Crippen LogP contribution in [0.5, 0.6) is 0 Å². The Balaban J connectivity index is 1.74. The Bertz CT molecular complexity index is 1000. The molecule has 1 atom stereocenters. The Morgan fingerprint density at radius 1 is 1.32 bits per heavy atom. The third-order valence-electron chi connectivity index (χ3n) is 5.03. The molecular formula is C22H27NO6S2. The minimum atomic E-state index is -3.51. The van der Waals surface area contributed by atoms with Gasteiger partial charge in [-0.15, -0.1) is 11.3 Å². The number of ether oxygens (including phenoxy) is 3. The zero-order chi connectivity index (χ0) is 22.3. The molecule has 1 aromatic heterocycles. The number of thiophene rings is 1. The smallest absolute Gasteiger partial charge is 0.348 e. The Hall–Kier alpha value is -2.36. The highest BCUT2D eigenvalue weighted by atomic mass is 32.2. The van der Waals surface area contributed by atoms with Gasteiger partial charge < -0.3 is 14.2 Å². The molecule has 7 nitrogen and oxygen atoms in total. The van der Waals surface area contributed by atoms with Crippen molar-refractivity contribution in [3.63, 3.8) is 0 Å². The minimum Gasteiger partial charge on any atom is -0.466 e. The highest BCUT2D eigenvalue weighted by molar-refractivity contribution is 7.88. The van der Waals surface area contributed by atoms with Crippen molar-refractivity contribution >= 4 is 27.3 Å². The molecule has 168 valence electrons. The summed E-state index contributed by atoms with van der Waals surface area (Å²) < 4.78 is 42.6. The third-order valence-corrected chi connectivity index (χ3v) is 7.44. The van der Waals surface area contributed by atoms with E-state index in [1.54, 1.807) is 6.07 Å². The lowest BCUT2D eigenvalue weighted by molar-refractivity contribution is 0.0606. The van der Waals surface area contributed by atoms with E-state index in [4.69, 9.17) is 14.2 Å². The number of allylic oxidation sites excluding steroid dienone is 3. The van der Waals surface area contributed by atoms with Gasteiger partial charge in [0.15, 0.2) is 5.76 Å². The lowest BCUT2D eigenvalue weighted by Crippen LogP contribution is -2.42. The number of rotatable bonds is 10. The Kier molecular flexibility index (Phi) is 8.11. The Labute approximate surface area is 187 Å². The van der Waals surface area contributed by atoms with E-state index in [0.717, 1.165) is 17.7 Å². The van der Waals surface area contributed by atoms with Gasteiger partial charge in [-0.1, -0.05) is 23.8 Å². The number of carbonyl (C=O) groups excluding carboxylic acids is 1. The fourth-order valence-electron chi connectivity index (χ4n) is 3.53. The first kappa shape index (κ1) is 23.3. The summed E-state index contributed by atoms with van der Waals surface area (Å²) in [5.74, 6) is 0.103. The molecule has 0 fully saturated rings. The number of esters is 1. The molecule has 0 spiro atoms. The average Bonchev–Trinajstić information content (AvgIpc) is 3.24. The molecule has 0 bridgehead atoms. The van der Waals surface area contributed by atoms with Gasteiger partial charge in [0, 0.05) is 11.4 Å². The summed E-state index contributed by atoms with van der Waals surface area (Å²) in [6.45, 7) is 0.322. The van der Waals surface area contributed by atoms with E-state index >= 15 is 0 Å². The van der Waals surface area contributed by atoms with E-state index in [0.29, 0.717) is 36.4 Å². The molecule has 1 aliphatic carbocycles. The van der Waals surface area contributed by atoms with Crippen LogP contribution in [0.2, 0.25) is 0 Å². The van der Waals surface area contributed by atoms with Crippen molar-refractivity contribution in [2.75, 3.05) is 19.9 Å². The zero-order valence-corrected chi connectivity index (χ0v) is 19.3. The Morgan fingerprint density at radius 3 is 2.81 bits per heavy atom. The maximum Gasteiger partial charge on any atom is 0.348 e. The number of methoxy groups -OCH3 is 1. The van der Waals surface area contributed by atoms with Crippen LogP contribution >= 0.6 is 11.3 Å². The summed E-state index contributed by atoms with van der Waals surface area (Å²) in [4.78, 5) is 13.2. The summed E-state index contributed by atoms with van der Waals surface area (Å²) in [6, 6.07) is 3.12. The van der Waals surface area contributed by atoms with E-state index in [2.05, 4.69) is 6.08 Å². The Morgan fingerprint density at radius 2 is 2.16 bits per heavy atom. The van der Waals surface area contributed by atoms with Crippen LogP contribution in [0.25, 0.3) is 0 Å². The lowest BCUT2D eigenvalue weighted by Gasteiger charge is -2.32. The predicted molar refractivity (Wildman–Crippen MR) is 120 cm³/mol. The van der Waals surface area contributed by atoms with Crippen molar-refractivity contribution in [1.29, 1.82) is 0 Å². The van der Waals surface area contributed by atoms with Crippen LogP contribution in [-0.2, 0) is 30.7 Å². The molecule has 0 aromatic carbocycles. The SMILES string of the molecule is COC(=O)c1ccc(CCCN(C(CC2=CC=CCC2)C2=COC=CO2)S(C)(=O)=O)s1. The second kappa shape index (κ2) is 10.8. The van der Waals surface area contributed by atoms with Crippen LogP contribution in [0.15, 0.2) is 60.5 Å². The molecule has 1 aromatic rings. The van der Waals surface area contributed by atoms with Gasteiger partial charge in [0.25, 0.3) is 0 Å². The maximum atomic E-state index is 12.7. The van der Waals surface area contributed by atoms with Crippen LogP contribution in [0, 0.1) is 0 Å². The number of hydrogen-bond acceptors (Lipinski definition) is 7. The van der Waals surface area contributed by atoms with Crippen LogP contribution in [0.1, 0.15) is 40.2 Å². The van der Waals surface area contributed by atoms with E-state index in [1.807, 2.05) is 18.2 Å². The molecule has 0 radical (unpaired) electrons. The van der Waals surface area contributed by atoms with Crippen molar-refractivity contribution in [3.05, 3.63) is 70.2 Å². The van der Waals surface area contributed by atoms with Crippen molar-refractivity contribution < 1.29 is 27.4 Å². The van der Waals surface area contributed by atoms with Gasteiger partial charge in [0.2, 0.25) is 10.0 Å². The molecule has 2 heterocycles. The van der Waals surface area contributed by atoms with Gasteiger partial charge in [-0.05, 0) is 44.2 Å². The first-order valence-corrected chi connectivity index (χ1v) is 12.7. The highest BCUT2D eigenvalue weighted by Gasteiger charge is 2.32. The van der Waals surface area contributed by atoms with Crippen LogP contribution in [0.4, 0.5) is 0 Å². The van der Waals surface area contributed by atoms with Gasteiger partial charge in [-0.2, -0.15) is 4.31 Å². The molecule has 3 rings (SSSR count). The topological polar surface area (TPSA) is 82.1 Å². The second-order valence-corrected chi connectivity index (χ2v) is 10.4. The number of sulfonamides is 1. The molecule has 1 aliphatic heterocycles. The average molecular weight is 466 g/mol. The predicted octanol–water partition coefficient (Wildman–Crippen LogP) is 4.12. The highest BCUT2D eigenvalue weighted by Crippen LogP contribution is 2.28. The first-order chi connectivity index (χ1) is 14.9. The summed E-state index contributed by atoms with van der Waals surface area (Å²) in [5, 5.41) is 0. The fourth-order valence-corrected chi connectivity index (χ4v) is 5.60. The van der Waals surface area contributed by atoms with E-state index in [9.17, 15) is 13.2 Å². The van der Waals surface area contributed by atoms with Crippen molar-refractivity contribution in [1.82, 2.24) is 4.31 Å². The van der Waals surface area contributed by atoms with Crippen LogP contribution in [-0.4, -0.2) is 44.6 Å². The summed E-state index contributed by atoms with van der Waals surface area (Å²) in [7, 11) is -2.16. The number of nitrogens with zero attached hydrogens (tertiary/aromatic N) is 1. The lowest BCUT2D eigenvalue weighted by atomic mass is 9.97. The number of carbonyl (C=O) groups is 1. The van der Waals surface area contributed by atoms with Gasteiger partial charge >= 0.3 is 5.97 Å². The van der Waals surface area contributed by atoms with E-state index < -0.39 is 16.1 Å². The quantitative estimate of drug-likeness (QED) is 0.484. The second-order valence-electron chi connectivity index (χ2n) is 7.29. The van der Waals surface area contributed by atoms with Gasteiger partial charge in [0.05, 0.1) is 19.4 Å². The molecule has 0 amide bonds. The minimum absolute atomic E-state index is 0.322. The van der Waals surface area contributed by atoms with Gasteiger partial charge in [-0.3, -0.25) is 0 Å². The zero-order valence-electron chi connectivity index (χ0n) is 17.7. The number of aryl methyl sites for hydroxylation is 1. The summed E-state index contributed by atoms with van der Waals surface area (Å²) in [5.41, 5.74) is 1.17. The van der Waals surface area contributed by atoms with Crippen LogP contribution < -0.4 is 0 Å². The molecule has 0 saturated heterocycles. The molecule has 0 saturated carbocycles. The molecule has 1 unspecified atom stereocenters. The molecule has 31 heavy (non-hydrogen) atoms. The number of hydrogen-bond donors (Lipinski definition) is 0. The van der Waals surface area contributed by atoms with E-state index in [1.165, 1.54) is 53.4 Å². The van der Waals surface area contributed by atoms with Gasteiger partial charge in [0.1, 0.15) is 23.7 Å². The largest absolute Gasteiger partial charge is 0.466 e. The van der Waals surface area contributed by atoms with Gasteiger partial charge in [-0.25, -0.2) is 13.2 Å². The van der Waals surface area contributed by atoms with E-state index in [-0.39, 0.29) is 5.97 Å². The van der Waals surface area contributed by atoms with Crippen molar-refractivity contribution in [3.8, 4) is 0 Å². The monoisotopic (exact) mass is 465 g/mol. The molecule has 2 aliphatic rings.